The highest BCUT2D eigenvalue weighted by Gasteiger charge is 2.28. The maximum atomic E-state index is 13.0. The van der Waals surface area contributed by atoms with E-state index in [0.29, 0.717) is 12.6 Å². The van der Waals surface area contributed by atoms with Crippen molar-refractivity contribution in [1.82, 2.24) is 24.5 Å². The molecular formula is C17H17FN6O. The summed E-state index contributed by atoms with van der Waals surface area (Å²) in [5, 5.41) is 0. The SMILES string of the molecule is C[C@@H]1c2ncc(COc3cccnc3)n2CCN1c1ncc(F)cn1. The maximum Gasteiger partial charge on any atom is 0.226 e. The number of fused-ring (bicyclic) bond motifs is 1. The minimum absolute atomic E-state index is 0.00801. The molecule has 128 valence electrons. The van der Waals surface area contributed by atoms with Gasteiger partial charge in [-0.25, -0.2) is 19.3 Å². The Morgan fingerprint density at radius 3 is 2.76 bits per heavy atom. The van der Waals surface area contributed by atoms with Gasteiger partial charge in [0, 0.05) is 19.3 Å². The maximum absolute atomic E-state index is 13.0. The average Bonchev–Trinajstić information content (AvgIpc) is 3.06. The van der Waals surface area contributed by atoms with Gasteiger partial charge >= 0.3 is 0 Å². The molecule has 1 atom stereocenters. The number of rotatable bonds is 4. The molecule has 8 heteroatoms. The Morgan fingerprint density at radius 1 is 1.16 bits per heavy atom. The third kappa shape index (κ3) is 3.02. The van der Waals surface area contributed by atoms with Crippen molar-refractivity contribution in [3.8, 4) is 5.75 Å². The fourth-order valence-corrected chi connectivity index (χ4v) is 2.99. The molecule has 0 spiro atoms. The second-order valence-electron chi connectivity index (χ2n) is 5.81. The van der Waals surface area contributed by atoms with Gasteiger partial charge in [0.05, 0.1) is 36.5 Å². The zero-order valence-electron chi connectivity index (χ0n) is 13.7. The molecule has 0 radical (unpaired) electrons. The molecule has 0 unspecified atom stereocenters. The van der Waals surface area contributed by atoms with Gasteiger partial charge in [-0.3, -0.25) is 4.98 Å². The minimum atomic E-state index is -0.440. The van der Waals surface area contributed by atoms with Gasteiger partial charge in [-0.1, -0.05) is 0 Å². The molecular weight excluding hydrogens is 323 g/mol. The molecule has 4 heterocycles. The summed E-state index contributed by atoms with van der Waals surface area (Å²) in [6.45, 7) is 3.93. The summed E-state index contributed by atoms with van der Waals surface area (Å²) in [5.74, 6) is 1.72. The van der Waals surface area contributed by atoms with E-state index in [0.717, 1.165) is 30.4 Å². The van der Waals surface area contributed by atoms with E-state index in [-0.39, 0.29) is 6.04 Å². The summed E-state index contributed by atoms with van der Waals surface area (Å²) < 4.78 is 21.0. The van der Waals surface area contributed by atoms with Crippen molar-refractivity contribution in [2.75, 3.05) is 11.4 Å². The van der Waals surface area contributed by atoms with Crippen LogP contribution in [0.4, 0.5) is 10.3 Å². The van der Waals surface area contributed by atoms with E-state index in [4.69, 9.17) is 4.74 Å². The van der Waals surface area contributed by atoms with Crippen molar-refractivity contribution in [2.45, 2.75) is 26.1 Å². The molecule has 7 nitrogen and oxygen atoms in total. The topological polar surface area (TPSA) is 69.0 Å². The van der Waals surface area contributed by atoms with E-state index >= 15 is 0 Å². The van der Waals surface area contributed by atoms with Crippen molar-refractivity contribution in [3.05, 3.63) is 60.5 Å². The minimum Gasteiger partial charge on any atom is -0.486 e. The largest absolute Gasteiger partial charge is 0.486 e. The number of hydrogen-bond donors (Lipinski definition) is 0. The van der Waals surface area contributed by atoms with Crippen LogP contribution in [0.15, 0.2) is 43.1 Å². The predicted octanol–water partition coefficient (Wildman–Crippen LogP) is 2.37. The second kappa shape index (κ2) is 6.46. The Labute approximate surface area is 144 Å². The highest BCUT2D eigenvalue weighted by molar-refractivity contribution is 5.34. The smallest absolute Gasteiger partial charge is 0.226 e. The fourth-order valence-electron chi connectivity index (χ4n) is 2.99. The van der Waals surface area contributed by atoms with Gasteiger partial charge in [0.15, 0.2) is 5.82 Å². The standard InChI is InChI=1S/C17H17FN6O/c1-12-16-20-9-14(11-25-15-3-2-4-19-10-15)24(16)6-5-23(12)17-21-7-13(18)8-22-17/h2-4,7-10,12H,5-6,11H2,1H3/t12-/m1/s1. The van der Waals surface area contributed by atoms with Crippen molar-refractivity contribution in [3.63, 3.8) is 0 Å². The van der Waals surface area contributed by atoms with Crippen molar-refractivity contribution >= 4 is 5.95 Å². The van der Waals surface area contributed by atoms with Gasteiger partial charge in [0.1, 0.15) is 18.2 Å². The highest BCUT2D eigenvalue weighted by atomic mass is 19.1. The van der Waals surface area contributed by atoms with Crippen LogP contribution in [-0.2, 0) is 13.2 Å². The summed E-state index contributed by atoms with van der Waals surface area (Å²) in [6.07, 6.45) is 7.59. The zero-order chi connectivity index (χ0) is 17.2. The van der Waals surface area contributed by atoms with Crippen LogP contribution in [0.25, 0.3) is 0 Å². The number of pyridine rings is 1. The van der Waals surface area contributed by atoms with Crippen LogP contribution < -0.4 is 9.64 Å². The van der Waals surface area contributed by atoms with Crippen LogP contribution in [0.1, 0.15) is 24.5 Å². The molecule has 0 saturated heterocycles. The van der Waals surface area contributed by atoms with Crippen molar-refractivity contribution in [2.24, 2.45) is 0 Å². The molecule has 0 saturated carbocycles. The first-order valence-corrected chi connectivity index (χ1v) is 8.03. The quantitative estimate of drug-likeness (QED) is 0.726. The fraction of sp³-hybridized carbons (Fsp3) is 0.294. The van der Waals surface area contributed by atoms with Crippen molar-refractivity contribution in [1.29, 1.82) is 0 Å². The molecule has 4 rings (SSSR count). The lowest BCUT2D eigenvalue weighted by atomic mass is 10.2. The lowest BCUT2D eigenvalue weighted by Crippen LogP contribution is -2.38. The van der Waals surface area contributed by atoms with E-state index in [9.17, 15) is 4.39 Å². The molecule has 0 bridgehead atoms. The van der Waals surface area contributed by atoms with Crippen LogP contribution in [-0.4, -0.2) is 31.0 Å². The highest BCUT2D eigenvalue weighted by Crippen LogP contribution is 2.28. The molecule has 1 aliphatic heterocycles. The lowest BCUT2D eigenvalue weighted by molar-refractivity contribution is 0.290. The number of anilines is 1. The van der Waals surface area contributed by atoms with E-state index in [2.05, 4.69) is 24.5 Å². The van der Waals surface area contributed by atoms with Gasteiger partial charge in [0.25, 0.3) is 0 Å². The number of nitrogens with zero attached hydrogens (tertiary/aromatic N) is 6. The molecule has 3 aromatic heterocycles. The third-order valence-electron chi connectivity index (χ3n) is 4.26. The van der Waals surface area contributed by atoms with E-state index < -0.39 is 5.82 Å². The first-order valence-electron chi connectivity index (χ1n) is 8.03. The summed E-state index contributed by atoms with van der Waals surface area (Å²) in [5.41, 5.74) is 1.00. The van der Waals surface area contributed by atoms with Crippen LogP contribution in [0.3, 0.4) is 0 Å². The summed E-state index contributed by atoms with van der Waals surface area (Å²) >= 11 is 0. The Bertz CT molecular complexity index is 851. The van der Waals surface area contributed by atoms with Crippen LogP contribution in [0, 0.1) is 5.82 Å². The Hall–Kier alpha value is -3.03. The first kappa shape index (κ1) is 15.5. The summed E-state index contributed by atoms with van der Waals surface area (Å²) in [4.78, 5) is 18.8. The Kier molecular flexibility index (Phi) is 4.01. The van der Waals surface area contributed by atoms with Crippen molar-refractivity contribution < 1.29 is 9.13 Å². The molecule has 0 amide bonds. The summed E-state index contributed by atoms with van der Waals surface area (Å²) in [6, 6.07) is 3.70. The van der Waals surface area contributed by atoms with Crippen LogP contribution in [0.2, 0.25) is 0 Å². The monoisotopic (exact) mass is 340 g/mol. The zero-order valence-corrected chi connectivity index (χ0v) is 13.7. The lowest BCUT2D eigenvalue weighted by Gasteiger charge is -2.34. The Morgan fingerprint density at radius 2 is 2.00 bits per heavy atom. The Balaban J connectivity index is 1.52. The molecule has 0 aliphatic carbocycles. The number of imidazole rings is 1. The number of aromatic nitrogens is 5. The molecule has 0 aromatic carbocycles. The number of ether oxygens (including phenoxy) is 1. The predicted molar refractivity (Wildman–Crippen MR) is 88.5 cm³/mol. The van der Waals surface area contributed by atoms with Gasteiger partial charge < -0.3 is 14.2 Å². The summed E-state index contributed by atoms with van der Waals surface area (Å²) in [7, 11) is 0. The molecule has 0 N–H and O–H groups in total. The van der Waals surface area contributed by atoms with Crippen LogP contribution >= 0.6 is 0 Å². The van der Waals surface area contributed by atoms with E-state index in [1.807, 2.05) is 30.2 Å². The van der Waals surface area contributed by atoms with Gasteiger partial charge in [-0.2, -0.15) is 0 Å². The van der Waals surface area contributed by atoms with Gasteiger partial charge in [-0.15, -0.1) is 0 Å². The number of halogens is 1. The average molecular weight is 340 g/mol. The van der Waals surface area contributed by atoms with Gasteiger partial charge in [0.2, 0.25) is 5.95 Å². The first-order chi connectivity index (χ1) is 12.2. The van der Waals surface area contributed by atoms with E-state index in [1.54, 1.807) is 12.4 Å². The second-order valence-corrected chi connectivity index (χ2v) is 5.81. The van der Waals surface area contributed by atoms with E-state index in [1.165, 1.54) is 12.4 Å². The third-order valence-corrected chi connectivity index (χ3v) is 4.26. The molecule has 1 aliphatic rings. The number of hydrogen-bond acceptors (Lipinski definition) is 6. The normalized spacial score (nSPS) is 16.6. The van der Waals surface area contributed by atoms with Gasteiger partial charge in [-0.05, 0) is 19.1 Å². The molecule has 3 aromatic rings. The molecule has 0 fully saturated rings. The van der Waals surface area contributed by atoms with Crippen LogP contribution in [0.5, 0.6) is 5.75 Å². The molecule has 25 heavy (non-hydrogen) atoms.